The van der Waals surface area contributed by atoms with Gasteiger partial charge in [-0.2, -0.15) is 0 Å². The number of fused-ring (bicyclic) bond motifs is 3. The van der Waals surface area contributed by atoms with Crippen molar-refractivity contribution in [1.29, 1.82) is 0 Å². The summed E-state index contributed by atoms with van der Waals surface area (Å²) >= 11 is 0. The van der Waals surface area contributed by atoms with Crippen molar-refractivity contribution in [2.75, 3.05) is 32.8 Å². The van der Waals surface area contributed by atoms with Gasteiger partial charge in [-0.1, -0.05) is 38.0 Å². The molecule has 3 aromatic heterocycles. The van der Waals surface area contributed by atoms with Crippen LogP contribution in [0.4, 0.5) is 4.39 Å². The van der Waals surface area contributed by atoms with Crippen LogP contribution in [-0.4, -0.2) is 63.1 Å². The van der Waals surface area contributed by atoms with Gasteiger partial charge >= 0.3 is 0 Å². The third-order valence-electron chi connectivity index (χ3n) is 7.07. The molecule has 0 radical (unpaired) electrons. The molecule has 8 heteroatoms. The molecular formula is C29H34FN5O2. The smallest absolute Gasteiger partial charge is 0.242 e. The summed E-state index contributed by atoms with van der Waals surface area (Å²) in [5.74, 6) is -0.213. The Morgan fingerprint density at radius 1 is 0.973 bits per heavy atom. The first-order chi connectivity index (χ1) is 18.2. The minimum atomic E-state index is -0.292. The number of amides is 1. The molecule has 1 saturated heterocycles. The lowest BCUT2D eigenvalue weighted by Gasteiger charge is -2.27. The first-order valence-corrected chi connectivity index (χ1v) is 13.2. The molecule has 0 unspecified atom stereocenters. The van der Waals surface area contributed by atoms with E-state index in [0.29, 0.717) is 45.1 Å². The predicted molar refractivity (Wildman–Crippen MR) is 142 cm³/mol. The number of carbonyl (C=O) groups excluding carboxylic acids is 1. The lowest BCUT2D eigenvalue weighted by Crippen LogP contribution is -2.42. The second-order valence-corrected chi connectivity index (χ2v) is 9.60. The summed E-state index contributed by atoms with van der Waals surface area (Å²) in [6.07, 6.45) is 6.70. The van der Waals surface area contributed by atoms with Gasteiger partial charge in [0.1, 0.15) is 12.4 Å². The van der Waals surface area contributed by atoms with E-state index >= 15 is 0 Å². The number of hydrogen-bond donors (Lipinski definition) is 0. The van der Waals surface area contributed by atoms with Crippen molar-refractivity contribution < 1.29 is 13.9 Å². The van der Waals surface area contributed by atoms with Gasteiger partial charge in [0.05, 0.1) is 30.1 Å². The molecule has 1 amide bonds. The Bertz CT molecular complexity index is 1370. The van der Waals surface area contributed by atoms with Crippen LogP contribution in [0.15, 0.2) is 54.9 Å². The Kier molecular flexibility index (Phi) is 8.06. The average Bonchev–Trinajstić information content (AvgIpc) is 3.25. The Labute approximate surface area is 216 Å². The quantitative estimate of drug-likeness (QED) is 0.292. The molecule has 0 saturated carbocycles. The van der Waals surface area contributed by atoms with Gasteiger partial charge in [0.25, 0.3) is 0 Å². The molecule has 4 heterocycles. The van der Waals surface area contributed by atoms with Crippen LogP contribution in [0.25, 0.3) is 21.8 Å². The number of benzene rings is 1. The zero-order valence-electron chi connectivity index (χ0n) is 21.4. The Morgan fingerprint density at radius 3 is 2.57 bits per heavy atom. The Balaban J connectivity index is 1.52. The van der Waals surface area contributed by atoms with Gasteiger partial charge in [0.15, 0.2) is 0 Å². The van der Waals surface area contributed by atoms with Crippen LogP contribution in [0.3, 0.4) is 0 Å². The van der Waals surface area contributed by atoms with E-state index in [2.05, 4.69) is 33.5 Å². The maximum Gasteiger partial charge on any atom is 0.242 e. The third-order valence-corrected chi connectivity index (χ3v) is 7.07. The minimum Gasteiger partial charge on any atom is -0.378 e. The highest BCUT2D eigenvalue weighted by molar-refractivity contribution is 6.09. The predicted octanol–water partition coefficient (Wildman–Crippen LogP) is 4.77. The van der Waals surface area contributed by atoms with E-state index in [-0.39, 0.29) is 18.3 Å². The van der Waals surface area contributed by atoms with Gasteiger partial charge in [-0.25, -0.2) is 4.39 Å². The summed E-state index contributed by atoms with van der Waals surface area (Å²) in [4.78, 5) is 26.5. The number of rotatable bonds is 10. The van der Waals surface area contributed by atoms with Crippen LogP contribution in [0.2, 0.25) is 0 Å². The molecule has 1 aliphatic heterocycles. The molecule has 0 bridgehead atoms. The highest BCUT2D eigenvalue weighted by Gasteiger charge is 2.22. The van der Waals surface area contributed by atoms with Gasteiger partial charge in [0.2, 0.25) is 5.91 Å². The number of nitrogens with zero attached hydrogens (tertiary/aromatic N) is 5. The molecule has 0 atom stereocenters. The van der Waals surface area contributed by atoms with E-state index in [4.69, 9.17) is 9.72 Å². The molecule has 1 fully saturated rings. The molecule has 5 rings (SSSR count). The molecule has 0 N–H and O–H groups in total. The largest absolute Gasteiger partial charge is 0.378 e. The fourth-order valence-corrected chi connectivity index (χ4v) is 5.16. The van der Waals surface area contributed by atoms with E-state index in [1.54, 1.807) is 12.3 Å². The number of pyridine rings is 2. The number of halogens is 1. The van der Waals surface area contributed by atoms with Gasteiger partial charge in [-0.3, -0.25) is 19.7 Å². The Morgan fingerprint density at radius 2 is 1.76 bits per heavy atom. The van der Waals surface area contributed by atoms with Crippen LogP contribution in [0.1, 0.15) is 37.6 Å². The van der Waals surface area contributed by atoms with E-state index in [0.717, 1.165) is 53.3 Å². The molecule has 1 aromatic carbocycles. The number of morpholine rings is 1. The fraction of sp³-hybridized carbons (Fsp3) is 0.414. The maximum atomic E-state index is 14.5. The summed E-state index contributed by atoms with van der Waals surface area (Å²) in [6, 6.07) is 13.3. The standard InChI is InChI=1S/C29H34FN5O2/c1-2-3-6-14-33(19-25-24(30)9-7-12-31-25)20-26-29-23(11-13-32-26)22-8-4-5-10-27(22)35(29)21-28(36)34-15-17-37-18-16-34/h4-5,7-13H,2-3,6,14-21H2,1H3. The monoisotopic (exact) mass is 503 g/mol. The van der Waals surface area contributed by atoms with Crippen molar-refractivity contribution in [2.24, 2.45) is 0 Å². The van der Waals surface area contributed by atoms with Crippen LogP contribution in [0, 0.1) is 5.82 Å². The van der Waals surface area contributed by atoms with Gasteiger partial charge in [-0.15, -0.1) is 0 Å². The molecule has 4 aromatic rings. The second-order valence-electron chi connectivity index (χ2n) is 9.60. The summed E-state index contributed by atoms with van der Waals surface area (Å²) in [5.41, 5.74) is 3.31. The topological polar surface area (TPSA) is 63.5 Å². The van der Waals surface area contributed by atoms with E-state index in [1.165, 1.54) is 6.07 Å². The maximum absolute atomic E-state index is 14.5. The highest BCUT2D eigenvalue weighted by atomic mass is 19.1. The normalized spacial score (nSPS) is 14.2. The van der Waals surface area contributed by atoms with E-state index in [1.807, 2.05) is 29.3 Å². The first kappa shape index (κ1) is 25.3. The van der Waals surface area contributed by atoms with Crippen LogP contribution in [0.5, 0.6) is 0 Å². The van der Waals surface area contributed by atoms with Crippen LogP contribution in [-0.2, 0) is 29.2 Å². The number of ether oxygens (including phenoxy) is 1. The molecule has 37 heavy (non-hydrogen) atoms. The number of hydrogen-bond acceptors (Lipinski definition) is 5. The molecule has 7 nitrogen and oxygen atoms in total. The molecular weight excluding hydrogens is 469 g/mol. The number of carbonyl (C=O) groups is 1. The van der Waals surface area contributed by atoms with Crippen molar-refractivity contribution in [3.05, 3.63) is 72.1 Å². The third kappa shape index (κ3) is 5.65. The summed E-state index contributed by atoms with van der Waals surface area (Å²) in [5, 5.41) is 2.18. The lowest BCUT2D eigenvalue weighted by atomic mass is 10.1. The minimum absolute atomic E-state index is 0.0797. The van der Waals surface area contributed by atoms with Crippen molar-refractivity contribution in [3.63, 3.8) is 0 Å². The number of para-hydroxylation sites is 1. The lowest BCUT2D eigenvalue weighted by molar-refractivity contribution is -0.135. The van der Waals surface area contributed by atoms with Crippen LogP contribution >= 0.6 is 0 Å². The molecule has 194 valence electrons. The Hall–Kier alpha value is -3.36. The average molecular weight is 504 g/mol. The van der Waals surface area contributed by atoms with Crippen molar-refractivity contribution >= 4 is 27.7 Å². The molecule has 0 spiro atoms. The summed E-state index contributed by atoms with van der Waals surface area (Å²) < 4.78 is 22.0. The second kappa shape index (κ2) is 11.8. The van der Waals surface area contributed by atoms with Crippen LogP contribution < -0.4 is 0 Å². The van der Waals surface area contributed by atoms with E-state index < -0.39 is 0 Å². The summed E-state index contributed by atoms with van der Waals surface area (Å²) in [6.45, 7) is 6.55. The number of unbranched alkanes of at least 4 members (excludes halogenated alkanes) is 2. The zero-order valence-corrected chi connectivity index (χ0v) is 21.4. The van der Waals surface area contributed by atoms with E-state index in [9.17, 15) is 9.18 Å². The molecule has 0 aliphatic carbocycles. The van der Waals surface area contributed by atoms with Gasteiger partial charge in [-0.05, 0) is 37.2 Å². The SMILES string of the molecule is CCCCCN(Cc1ncccc1F)Cc1nccc2c3ccccc3n(CC(=O)N3CCOCC3)c12. The first-order valence-electron chi connectivity index (χ1n) is 13.2. The molecule has 1 aliphatic rings. The van der Waals surface area contributed by atoms with Crippen molar-refractivity contribution in [1.82, 2.24) is 24.3 Å². The fourth-order valence-electron chi connectivity index (χ4n) is 5.16. The highest BCUT2D eigenvalue weighted by Crippen LogP contribution is 2.31. The zero-order chi connectivity index (χ0) is 25.6. The van der Waals surface area contributed by atoms with Crippen molar-refractivity contribution in [3.8, 4) is 0 Å². The van der Waals surface area contributed by atoms with Gasteiger partial charge < -0.3 is 14.2 Å². The summed E-state index contributed by atoms with van der Waals surface area (Å²) in [7, 11) is 0. The number of aromatic nitrogens is 3. The van der Waals surface area contributed by atoms with Gasteiger partial charge in [0, 0.05) is 54.9 Å². The van der Waals surface area contributed by atoms with Crippen molar-refractivity contribution in [2.45, 2.75) is 45.8 Å².